The van der Waals surface area contributed by atoms with Crippen LogP contribution in [0, 0.1) is 0 Å². The van der Waals surface area contributed by atoms with Gasteiger partial charge in [-0.3, -0.25) is 0 Å². The van der Waals surface area contributed by atoms with E-state index in [0.717, 1.165) is 12.3 Å². The van der Waals surface area contributed by atoms with Crippen molar-refractivity contribution in [3.05, 3.63) is 29.8 Å². The molecule has 1 atom stereocenters. The summed E-state index contributed by atoms with van der Waals surface area (Å²) in [4.78, 5) is 0. The van der Waals surface area contributed by atoms with Gasteiger partial charge < -0.3 is 10.1 Å². The molecule has 0 saturated heterocycles. The normalized spacial score (nSPS) is 24.8. The highest BCUT2D eigenvalue weighted by molar-refractivity contribution is 5.43. The summed E-state index contributed by atoms with van der Waals surface area (Å²) in [7, 11) is 2.04. The molecule has 0 radical (unpaired) electrons. The third-order valence-electron chi connectivity index (χ3n) is 4.63. The van der Waals surface area contributed by atoms with E-state index < -0.39 is 0 Å². The number of benzene rings is 1. The Morgan fingerprint density at radius 1 is 1.22 bits per heavy atom. The number of fused-ring (bicyclic) bond motifs is 1. The Labute approximate surface area is 110 Å². The van der Waals surface area contributed by atoms with Crippen LogP contribution in [0.25, 0.3) is 0 Å². The quantitative estimate of drug-likeness (QED) is 0.880. The zero-order valence-electron chi connectivity index (χ0n) is 11.2. The molecule has 0 aromatic heterocycles. The number of rotatable bonds is 3. The lowest BCUT2D eigenvalue weighted by Gasteiger charge is -2.38. The fourth-order valence-corrected chi connectivity index (χ4v) is 3.74. The molecule has 1 N–H and O–H groups in total. The average molecular weight is 245 g/mol. The highest BCUT2D eigenvalue weighted by atomic mass is 16.5. The molecule has 2 aliphatic rings. The molecule has 1 saturated carbocycles. The van der Waals surface area contributed by atoms with Crippen LogP contribution >= 0.6 is 0 Å². The summed E-state index contributed by atoms with van der Waals surface area (Å²) in [6.07, 6.45) is 7.67. The van der Waals surface area contributed by atoms with E-state index >= 15 is 0 Å². The van der Waals surface area contributed by atoms with Crippen molar-refractivity contribution in [2.45, 2.75) is 50.0 Å². The standard InChI is InChI=1S/C16H23NO/c1-17-12-9-14-13-7-3-4-8-15(13)18-16(14)10-5-2-6-11-16/h3-4,7-8,14,17H,2,5-6,9-12H2,1H3. The molecule has 1 spiro atoms. The van der Waals surface area contributed by atoms with E-state index in [1.165, 1.54) is 44.1 Å². The van der Waals surface area contributed by atoms with Crippen molar-refractivity contribution in [2.24, 2.45) is 0 Å². The van der Waals surface area contributed by atoms with Crippen molar-refractivity contribution in [2.75, 3.05) is 13.6 Å². The van der Waals surface area contributed by atoms with Crippen LogP contribution in [-0.4, -0.2) is 19.2 Å². The van der Waals surface area contributed by atoms with Gasteiger partial charge in [0.2, 0.25) is 0 Å². The van der Waals surface area contributed by atoms with Crippen molar-refractivity contribution in [3.8, 4) is 5.75 Å². The van der Waals surface area contributed by atoms with Crippen LogP contribution in [0.3, 0.4) is 0 Å². The third-order valence-corrected chi connectivity index (χ3v) is 4.63. The maximum Gasteiger partial charge on any atom is 0.123 e. The van der Waals surface area contributed by atoms with Gasteiger partial charge in [0.1, 0.15) is 11.4 Å². The van der Waals surface area contributed by atoms with Crippen molar-refractivity contribution in [1.82, 2.24) is 5.32 Å². The lowest BCUT2D eigenvalue weighted by molar-refractivity contribution is 0.0264. The van der Waals surface area contributed by atoms with E-state index in [4.69, 9.17) is 4.74 Å². The van der Waals surface area contributed by atoms with Crippen LogP contribution in [0.2, 0.25) is 0 Å². The lowest BCUT2D eigenvalue weighted by atomic mass is 9.73. The smallest absolute Gasteiger partial charge is 0.123 e. The van der Waals surface area contributed by atoms with E-state index in [1.54, 1.807) is 0 Å². The van der Waals surface area contributed by atoms with Gasteiger partial charge in [-0.1, -0.05) is 24.6 Å². The lowest BCUT2D eigenvalue weighted by Crippen LogP contribution is -2.41. The zero-order valence-corrected chi connectivity index (χ0v) is 11.2. The molecule has 1 heterocycles. The molecule has 2 heteroatoms. The summed E-state index contributed by atoms with van der Waals surface area (Å²) in [5, 5.41) is 3.29. The molecule has 1 aliphatic heterocycles. The van der Waals surface area contributed by atoms with Crippen molar-refractivity contribution in [3.63, 3.8) is 0 Å². The number of nitrogens with one attached hydrogen (secondary N) is 1. The summed E-state index contributed by atoms with van der Waals surface area (Å²) < 4.78 is 6.42. The summed E-state index contributed by atoms with van der Waals surface area (Å²) >= 11 is 0. The molecule has 1 aromatic carbocycles. The summed E-state index contributed by atoms with van der Waals surface area (Å²) in [6.45, 7) is 1.07. The Hall–Kier alpha value is -1.02. The molecule has 1 aromatic rings. The maximum absolute atomic E-state index is 6.42. The first-order valence-electron chi connectivity index (χ1n) is 7.28. The fourth-order valence-electron chi connectivity index (χ4n) is 3.74. The monoisotopic (exact) mass is 245 g/mol. The molecule has 0 bridgehead atoms. The first-order valence-corrected chi connectivity index (χ1v) is 7.28. The van der Waals surface area contributed by atoms with Crippen LogP contribution in [0.4, 0.5) is 0 Å². The van der Waals surface area contributed by atoms with Gasteiger partial charge in [0.05, 0.1) is 0 Å². The minimum absolute atomic E-state index is 0.110. The molecular weight excluding hydrogens is 222 g/mol. The second-order valence-electron chi connectivity index (χ2n) is 5.71. The fraction of sp³-hybridized carbons (Fsp3) is 0.625. The van der Waals surface area contributed by atoms with Crippen molar-refractivity contribution in [1.29, 1.82) is 0 Å². The minimum atomic E-state index is 0.110. The van der Waals surface area contributed by atoms with Crippen LogP contribution in [-0.2, 0) is 0 Å². The van der Waals surface area contributed by atoms with Gasteiger partial charge in [-0.05, 0) is 51.8 Å². The Balaban J connectivity index is 1.91. The van der Waals surface area contributed by atoms with Gasteiger partial charge in [-0.25, -0.2) is 0 Å². The molecule has 1 fully saturated rings. The number of hydrogen-bond donors (Lipinski definition) is 1. The summed E-state index contributed by atoms with van der Waals surface area (Å²) in [5.74, 6) is 1.72. The number of hydrogen-bond acceptors (Lipinski definition) is 2. The predicted molar refractivity (Wildman–Crippen MR) is 74.2 cm³/mol. The van der Waals surface area contributed by atoms with Gasteiger partial charge in [-0.15, -0.1) is 0 Å². The number of ether oxygens (including phenoxy) is 1. The molecule has 2 nitrogen and oxygen atoms in total. The van der Waals surface area contributed by atoms with Gasteiger partial charge in [0, 0.05) is 11.5 Å². The van der Waals surface area contributed by atoms with E-state index in [9.17, 15) is 0 Å². The highest BCUT2D eigenvalue weighted by Crippen LogP contribution is 2.52. The summed E-state index contributed by atoms with van der Waals surface area (Å²) in [5.41, 5.74) is 1.55. The Morgan fingerprint density at radius 2 is 2.00 bits per heavy atom. The molecule has 0 amide bonds. The highest BCUT2D eigenvalue weighted by Gasteiger charge is 2.47. The van der Waals surface area contributed by atoms with Crippen LogP contribution in [0.5, 0.6) is 5.75 Å². The average Bonchev–Trinajstić information content (AvgIpc) is 2.70. The van der Waals surface area contributed by atoms with E-state index in [2.05, 4.69) is 29.6 Å². The van der Waals surface area contributed by atoms with Crippen LogP contribution < -0.4 is 10.1 Å². The second-order valence-corrected chi connectivity index (χ2v) is 5.71. The van der Waals surface area contributed by atoms with Crippen molar-refractivity contribution < 1.29 is 4.74 Å². The van der Waals surface area contributed by atoms with E-state index in [1.807, 2.05) is 7.05 Å². The predicted octanol–water partition coefficient (Wildman–Crippen LogP) is 3.48. The second kappa shape index (κ2) is 4.93. The molecule has 98 valence electrons. The van der Waals surface area contributed by atoms with Gasteiger partial charge in [0.25, 0.3) is 0 Å². The molecule has 1 aliphatic carbocycles. The van der Waals surface area contributed by atoms with Gasteiger partial charge in [-0.2, -0.15) is 0 Å². The maximum atomic E-state index is 6.42. The van der Waals surface area contributed by atoms with E-state index in [0.29, 0.717) is 5.92 Å². The third kappa shape index (κ3) is 1.93. The topological polar surface area (TPSA) is 21.3 Å². The Morgan fingerprint density at radius 3 is 2.78 bits per heavy atom. The molecular formula is C16H23NO. The van der Waals surface area contributed by atoms with E-state index in [-0.39, 0.29) is 5.60 Å². The van der Waals surface area contributed by atoms with Crippen LogP contribution in [0.1, 0.15) is 50.0 Å². The molecule has 3 rings (SSSR count). The minimum Gasteiger partial charge on any atom is -0.486 e. The van der Waals surface area contributed by atoms with Crippen molar-refractivity contribution >= 4 is 0 Å². The first-order chi connectivity index (χ1) is 8.86. The van der Waals surface area contributed by atoms with Gasteiger partial charge in [0.15, 0.2) is 0 Å². The molecule has 18 heavy (non-hydrogen) atoms. The number of para-hydroxylation sites is 1. The zero-order chi connectivity index (χ0) is 12.4. The largest absolute Gasteiger partial charge is 0.486 e. The molecule has 1 unspecified atom stereocenters. The Bertz CT molecular complexity index is 409. The summed E-state index contributed by atoms with van der Waals surface area (Å²) in [6, 6.07) is 8.65. The SMILES string of the molecule is CNCCC1c2ccccc2OC12CCCCC2. The van der Waals surface area contributed by atoms with Crippen LogP contribution in [0.15, 0.2) is 24.3 Å². The first kappa shape index (κ1) is 12.0. The Kier molecular flexibility index (Phi) is 3.29. The van der Waals surface area contributed by atoms with Gasteiger partial charge >= 0.3 is 0 Å².